The van der Waals surface area contributed by atoms with Crippen molar-refractivity contribution >= 4 is 17.9 Å². The lowest BCUT2D eigenvalue weighted by Gasteiger charge is -2.34. The first-order valence-electron chi connectivity index (χ1n) is 15.7. The molecule has 3 fully saturated rings. The number of halogens is 6. The Morgan fingerprint density at radius 1 is 1.00 bits per heavy atom. The fourth-order valence-corrected chi connectivity index (χ4v) is 6.71. The highest BCUT2D eigenvalue weighted by molar-refractivity contribution is 5.71. The molecule has 0 bridgehead atoms. The molecule has 8 nitrogen and oxygen atoms in total. The number of carboxylic acid groups (broad SMARTS) is 1. The first-order valence-corrected chi connectivity index (χ1v) is 15.7. The predicted molar refractivity (Wildman–Crippen MR) is 155 cm³/mol. The molecule has 1 N–H and O–H groups in total. The van der Waals surface area contributed by atoms with Gasteiger partial charge in [0.15, 0.2) is 5.82 Å². The summed E-state index contributed by atoms with van der Waals surface area (Å²) in [5.74, 6) is 0.438. The number of carboxylic acids is 1. The summed E-state index contributed by atoms with van der Waals surface area (Å²) >= 11 is 0. The van der Waals surface area contributed by atoms with Crippen molar-refractivity contribution in [2.75, 3.05) is 18.0 Å². The SMILES string of the molecule is CCN(C[C@H]1CC[C@H](CC(=O)O)CC1)c1ncc(C2CCC2)nc1CN1C(=O)OC(c2cc(C(F)(F)F)cc(C(F)(F)F)c2)[C@@H]1C. The van der Waals surface area contributed by atoms with E-state index in [1.54, 1.807) is 6.20 Å². The van der Waals surface area contributed by atoms with E-state index in [4.69, 9.17) is 19.8 Å². The van der Waals surface area contributed by atoms with Crippen LogP contribution in [-0.2, 0) is 28.4 Å². The van der Waals surface area contributed by atoms with E-state index in [2.05, 4.69) is 4.90 Å². The average molecular weight is 657 g/mol. The number of rotatable bonds is 10. The van der Waals surface area contributed by atoms with Crippen molar-refractivity contribution in [2.45, 2.75) is 102 Å². The highest BCUT2D eigenvalue weighted by atomic mass is 19.4. The van der Waals surface area contributed by atoms with E-state index in [9.17, 15) is 35.9 Å². The van der Waals surface area contributed by atoms with Crippen LogP contribution in [0, 0.1) is 11.8 Å². The highest BCUT2D eigenvalue weighted by Crippen LogP contribution is 2.42. The topological polar surface area (TPSA) is 95.9 Å². The summed E-state index contributed by atoms with van der Waals surface area (Å²) in [7, 11) is 0. The van der Waals surface area contributed by atoms with Crippen molar-refractivity contribution < 1.29 is 45.8 Å². The van der Waals surface area contributed by atoms with Crippen molar-refractivity contribution in [3.8, 4) is 0 Å². The molecule has 1 aliphatic heterocycles. The van der Waals surface area contributed by atoms with Gasteiger partial charge in [0.25, 0.3) is 0 Å². The van der Waals surface area contributed by atoms with Crippen LogP contribution in [0.15, 0.2) is 24.4 Å². The number of nitrogens with zero attached hydrogens (tertiary/aromatic N) is 4. The van der Waals surface area contributed by atoms with Gasteiger partial charge >= 0.3 is 24.4 Å². The van der Waals surface area contributed by atoms with Gasteiger partial charge in [-0.2, -0.15) is 26.3 Å². The number of amides is 1. The third-order valence-corrected chi connectivity index (χ3v) is 9.60. The Hall–Kier alpha value is -3.58. The first kappa shape index (κ1) is 33.8. The van der Waals surface area contributed by atoms with Gasteiger partial charge in [-0.3, -0.25) is 14.7 Å². The third kappa shape index (κ3) is 7.52. The molecule has 252 valence electrons. The minimum Gasteiger partial charge on any atom is -0.481 e. The molecule has 2 aromatic rings. The van der Waals surface area contributed by atoms with Crippen LogP contribution in [-0.4, -0.2) is 51.2 Å². The van der Waals surface area contributed by atoms with Gasteiger partial charge in [0.2, 0.25) is 0 Å². The number of hydrogen-bond donors (Lipinski definition) is 1. The smallest absolute Gasteiger partial charge is 0.416 e. The molecule has 3 aliphatic rings. The Morgan fingerprint density at radius 2 is 1.61 bits per heavy atom. The summed E-state index contributed by atoms with van der Waals surface area (Å²) in [6.07, 6.45) is -4.08. The van der Waals surface area contributed by atoms with Crippen LogP contribution in [0.3, 0.4) is 0 Å². The third-order valence-electron chi connectivity index (χ3n) is 9.60. The molecule has 0 spiro atoms. The van der Waals surface area contributed by atoms with Crippen molar-refractivity contribution in [1.29, 1.82) is 0 Å². The molecule has 2 saturated carbocycles. The number of anilines is 1. The van der Waals surface area contributed by atoms with Crippen molar-refractivity contribution in [2.24, 2.45) is 11.8 Å². The molecule has 0 radical (unpaired) electrons. The van der Waals surface area contributed by atoms with E-state index in [1.165, 1.54) is 11.8 Å². The molecule has 1 amide bonds. The summed E-state index contributed by atoms with van der Waals surface area (Å²) in [6, 6.07) is 0.340. The molecular formula is C32H38F6N4O4. The van der Waals surface area contributed by atoms with Crippen LogP contribution >= 0.6 is 0 Å². The van der Waals surface area contributed by atoms with Gasteiger partial charge in [-0.25, -0.2) is 9.78 Å². The second-order valence-electron chi connectivity index (χ2n) is 12.7. The van der Waals surface area contributed by atoms with Crippen LogP contribution in [0.1, 0.15) is 105 Å². The largest absolute Gasteiger partial charge is 0.481 e. The summed E-state index contributed by atoms with van der Waals surface area (Å²) in [5, 5.41) is 9.15. The number of benzene rings is 1. The fourth-order valence-electron chi connectivity index (χ4n) is 6.71. The van der Waals surface area contributed by atoms with Gasteiger partial charge in [0, 0.05) is 25.4 Å². The standard InChI is InChI=1S/C32H38F6N4O4/c1-3-41(16-20-9-7-19(8-10-20)11-27(43)44)29-26(40-25(15-39-29)21-5-4-6-21)17-42-18(2)28(46-30(42)45)22-12-23(31(33,34)35)14-24(13-22)32(36,37)38/h12-15,18-21,28H,3-11,16-17H2,1-2H3,(H,43,44)/t18-,19-,20-,28?/m0/s1. The zero-order valence-corrected chi connectivity index (χ0v) is 25.7. The van der Waals surface area contributed by atoms with Gasteiger partial charge in [-0.05, 0) is 88.0 Å². The van der Waals surface area contributed by atoms with E-state index in [1.807, 2.05) is 6.92 Å². The Kier molecular flexibility index (Phi) is 9.74. The van der Waals surface area contributed by atoms with E-state index < -0.39 is 53.3 Å². The molecular weight excluding hydrogens is 618 g/mol. The summed E-state index contributed by atoms with van der Waals surface area (Å²) < 4.78 is 86.8. The number of carbonyl (C=O) groups is 2. The van der Waals surface area contributed by atoms with Gasteiger partial charge in [-0.15, -0.1) is 0 Å². The molecule has 1 saturated heterocycles. The van der Waals surface area contributed by atoms with E-state index in [-0.39, 0.29) is 30.9 Å². The van der Waals surface area contributed by atoms with Crippen LogP contribution in [0.2, 0.25) is 0 Å². The molecule has 2 heterocycles. The number of hydrogen-bond acceptors (Lipinski definition) is 6. The fraction of sp³-hybridized carbons (Fsp3) is 0.625. The number of cyclic esters (lactones) is 1. The van der Waals surface area contributed by atoms with E-state index >= 15 is 0 Å². The summed E-state index contributed by atoms with van der Waals surface area (Å²) in [6.45, 7) is 4.63. The second kappa shape index (κ2) is 13.3. The highest BCUT2D eigenvalue weighted by Gasteiger charge is 2.44. The summed E-state index contributed by atoms with van der Waals surface area (Å²) in [4.78, 5) is 37.3. The van der Waals surface area contributed by atoms with E-state index in [0.717, 1.165) is 50.6 Å². The normalized spacial score (nSPS) is 24.1. The van der Waals surface area contributed by atoms with Crippen molar-refractivity contribution in [3.63, 3.8) is 0 Å². The number of ether oxygens (including phenoxy) is 1. The lowest BCUT2D eigenvalue weighted by molar-refractivity contribution is -0.143. The molecule has 5 rings (SSSR count). The number of carbonyl (C=O) groups excluding carboxylic acids is 1. The molecule has 1 aromatic carbocycles. The van der Waals surface area contributed by atoms with Crippen molar-refractivity contribution in [3.05, 3.63) is 52.5 Å². The zero-order valence-electron chi connectivity index (χ0n) is 25.7. The Balaban J connectivity index is 1.40. The molecule has 1 aromatic heterocycles. The number of aliphatic carboxylic acids is 1. The second-order valence-corrected chi connectivity index (χ2v) is 12.7. The maximum atomic E-state index is 13.6. The first-order chi connectivity index (χ1) is 21.6. The molecule has 2 atom stereocenters. The van der Waals surface area contributed by atoms with Gasteiger partial charge in [0.1, 0.15) is 11.8 Å². The Labute approximate surface area is 263 Å². The van der Waals surface area contributed by atoms with Crippen LogP contribution < -0.4 is 4.90 Å². The molecule has 1 unspecified atom stereocenters. The average Bonchev–Trinajstić information content (AvgIpc) is 3.23. The summed E-state index contributed by atoms with van der Waals surface area (Å²) in [5.41, 5.74) is -2.09. The quantitative estimate of drug-likeness (QED) is 0.259. The lowest BCUT2D eigenvalue weighted by Crippen LogP contribution is -2.36. The van der Waals surface area contributed by atoms with Gasteiger partial charge in [0.05, 0.1) is 35.6 Å². The maximum absolute atomic E-state index is 13.6. The number of aromatic nitrogens is 2. The van der Waals surface area contributed by atoms with Crippen LogP contribution in [0.5, 0.6) is 0 Å². The Bertz CT molecular complexity index is 1390. The molecule has 2 aliphatic carbocycles. The van der Waals surface area contributed by atoms with Crippen LogP contribution in [0.25, 0.3) is 0 Å². The van der Waals surface area contributed by atoms with E-state index in [0.29, 0.717) is 42.7 Å². The lowest BCUT2D eigenvalue weighted by atomic mass is 9.80. The van der Waals surface area contributed by atoms with Crippen LogP contribution in [0.4, 0.5) is 37.0 Å². The zero-order chi connectivity index (χ0) is 33.4. The molecule has 46 heavy (non-hydrogen) atoms. The maximum Gasteiger partial charge on any atom is 0.416 e. The van der Waals surface area contributed by atoms with Crippen molar-refractivity contribution in [1.82, 2.24) is 14.9 Å². The predicted octanol–water partition coefficient (Wildman–Crippen LogP) is 7.97. The molecule has 14 heteroatoms. The monoisotopic (exact) mass is 656 g/mol. The minimum absolute atomic E-state index is 0.0501. The minimum atomic E-state index is -5.03. The Morgan fingerprint density at radius 3 is 2.13 bits per heavy atom. The van der Waals surface area contributed by atoms with Gasteiger partial charge in [-0.1, -0.05) is 6.42 Å². The number of alkyl halides is 6. The van der Waals surface area contributed by atoms with Gasteiger partial charge < -0.3 is 14.7 Å².